The highest BCUT2D eigenvalue weighted by molar-refractivity contribution is 5.03. The number of aromatic nitrogens is 3. The molecule has 1 aromatic rings. The van der Waals surface area contributed by atoms with Crippen LogP contribution in [0.4, 0.5) is 0 Å². The van der Waals surface area contributed by atoms with Crippen LogP contribution in [0.25, 0.3) is 0 Å². The number of rotatable bonds is 2. The third-order valence-electron chi connectivity index (χ3n) is 3.00. The van der Waals surface area contributed by atoms with Crippen molar-refractivity contribution in [1.29, 1.82) is 0 Å². The molecule has 2 unspecified atom stereocenters. The van der Waals surface area contributed by atoms with E-state index in [0.717, 1.165) is 22.1 Å². The molecule has 2 N–H and O–H groups in total. The van der Waals surface area contributed by atoms with Crippen LogP contribution in [0.5, 0.6) is 5.88 Å². The van der Waals surface area contributed by atoms with Crippen molar-refractivity contribution >= 4 is 0 Å². The topological polar surface area (TPSA) is 92.1 Å². The summed E-state index contributed by atoms with van der Waals surface area (Å²) < 4.78 is 7.58. The monoisotopic (exact) mass is 240 g/mol. The maximum absolute atomic E-state index is 11.7. The Kier molecular flexibility index (Phi) is 3.01. The maximum atomic E-state index is 11.7. The molecule has 2 rings (SSSR count). The van der Waals surface area contributed by atoms with Gasteiger partial charge in [-0.2, -0.15) is 0 Å². The van der Waals surface area contributed by atoms with Crippen LogP contribution in [-0.4, -0.2) is 26.5 Å². The van der Waals surface area contributed by atoms with Crippen LogP contribution in [0, 0.1) is 0 Å². The van der Waals surface area contributed by atoms with E-state index < -0.39 is 11.2 Å². The summed E-state index contributed by atoms with van der Waals surface area (Å²) in [5.41, 5.74) is 4.79. The highest BCUT2D eigenvalue weighted by Gasteiger charge is 2.25. The maximum Gasteiger partial charge on any atom is 0.347 e. The average molecular weight is 240 g/mol. The number of hydrogen-bond acceptors (Lipinski definition) is 5. The van der Waals surface area contributed by atoms with E-state index in [1.165, 1.54) is 14.1 Å². The normalized spacial score (nSPS) is 23.9. The number of ether oxygens (including phenoxy) is 1. The van der Waals surface area contributed by atoms with Crippen molar-refractivity contribution in [2.45, 2.75) is 31.4 Å². The van der Waals surface area contributed by atoms with Gasteiger partial charge >= 0.3 is 11.2 Å². The molecule has 94 valence electrons. The van der Waals surface area contributed by atoms with Crippen molar-refractivity contribution in [2.24, 2.45) is 19.8 Å². The highest BCUT2D eigenvalue weighted by atomic mass is 16.5. The van der Waals surface area contributed by atoms with Gasteiger partial charge in [0.25, 0.3) is 5.88 Å². The van der Waals surface area contributed by atoms with E-state index in [2.05, 4.69) is 5.10 Å². The average Bonchev–Trinajstić information content (AvgIpc) is 2.69. The molecule has 2 atom stereocenters. The van der Waals surface area contributed by atoms with Gasteiger partial charge in [-0.15, -0.1) is 5.10 Å². The molecular weight excluding hydrogens is 224 g/mol. The minimum absolute atomic E-state index is 0.0336. The molecular formula is C10H16N4O3. The summed E-state index contributed by atoms with van der Waals surface area (Å²) in [4.78, 5) is 23.2. The standard InChI is InChI=1S/C10H16N4O3/c1-13-9(15)8(12-14(2)10(13)16)17-7-4-3-6(11)5-7/h6-7H,3-5,11H2,1-2H3. The summed E-state index contributed by atoms with van der Waals surface area (Å²) in [5, 5.41) is 3.83. The quantitative estimate of drug-likeness (QED) is 0.696. The molecule has 1 fully saturated rings. The molecule has 1 aliphatic rings. The van der Waals surface area contributed by atoms with Crippen LogP contribution in [-0.2, 0) is 14.1 Å². The van der Waals surface area contributed by atoms with Gasteiger partial charge in [-0.25, -0.2) is 9.48 Å². The van der Waals surface area contributed by atoms with Crippen molar-refractivity contribution in [2.75, 3.05) is 0 Å². The lowest BCUT2D eigenvalue weighted by Gasteiger charge is -2.12. The predicted octanol–water partition coefficient (Wildman–Crippen LogP) is -1.26. The van der Waals surface area contributed by atoms with Crippen molar-refractivity contribution < 1.29 is 4.74 Å². The molecule has 0 spiro atoms. The lowest BCUT2D eigenvalue weighted by Crippen LogP contribution is -2.40. The van der Waals surface area contributed by atoms with E-state index in [1.807, 2.05) is 0 Å². The van der Waals surface area contributed by atoms with Gasteiger partial charge in [0.1, 0.15) is 6.10 Å². The molecule has 1 saturated carbocycles. The van der Waals surface area contributed by atoms with Gasteiger partial charge in [0.2, 0.25) is 0 Å². The van der Waals surface area contributed by atoms with Gasteiger partial charge in [0, 0.05) is 20.1 Å². The number of aryl methyl sites for hydroxylation is 1. The largest absolute Gasteiger partial charge is 0.469 e. The Hall–Kier alpha value is -1.63. The molecule has 1 aromatic heterocycles. The van der Waals surface area contributed by atoms with E-state index in [0.29, 0.717) is 6.42 Å². The van der Waals surface area contributed by atoms with Crippen molar-refractivity contribution in [3.63, 3.8) is 0 Å². The summed E-state index contributed by atoms with van der Waals surface area (Å²) in [5.74, 6) is -0.0336. The van der Waals surface area contributed by atoms with Gasteiger partial charge in [-0.3, -0.25) is 9.36 Å². The lowest BCUT2D eigenvalue weighted by molar-refractivity contribution is 0.189. The molecule has 7 heteroatoms. The molecule has 0 bridgehead atoms. The molecule has 0 aromatic carbocycles. The minimum atomic E-state index is -0.506. The first-order valence-corrected chi connectivity index (χ1v) is 5.55. The van der Waals surface area contributed by atoms with Gasteiger partial charge in [-0.1, -0.05) is 0 Å². The van der Waals surface area contributed by atoms with Crippen LogP contribution in [0.1, 0.15) is 19.3 Å². The van der Waals surface area contributed by atoms with Crippen LogP contribution in [0.15, 0.2) is 9.59 Å². The van der Waals surface area contributed by atoms with Gasteiger partial charge in [0.15, 0.2) is 0 Å². The van der Waals surface area contributed by atoms with Gasteiger partial charge < -0.3 is 10.5 Å². The first kappa shape index (κ1) is 11.8. The van der Waals surface area contributed by atoms with E-state index in [4.69, 9.17) is 10.5 Å². The van der Waals surface area contributed by atoms with Crippen LogP contribution in [0.2, 0.25) is 0 Å². The van der Waals surface area contributed by atoms with Crippen molar-refractivity contribution in [3.05, 3.63) is 20.8 Å². The second-order valence-electron chi connectivity index (χ2n) is 4.39. The first-order chi connectivity index (χ1) is 7.99. The summed E-state index contributed by atoms with van der Waals surface area (Å²) in [6, 6.07) is 0.122. The fourth-order valence-electron chi connectivity index (χ4n) is 1.98. The van der Waals surface area contributed by atoms with Gasteiger partial charge in [0.05, 0.1) is 0 Å². The van der Waals surface area contributed by atoms with Crippen molar-refractivity contribution in [1.82, 2.24) is 14.3 Å². The number of nitrogens with zero attached hydrogens (tertiary/aromatic N) is 3. The van der Waals surface area contributed by atoms with Crippen LogP contribution >= 0.6 is 0 Å². The minimum Gasteiger partial charge on any atom is -0.469 e. The molecule has 1 aliphatic carbocycles. The van der Waals surface area contributed by atoms with E-state index in [9.17, 15) is 9.59 Å². The zero-order valence-electron chi connectivity index (χ0n) is 9.92. The molecule has 0 radical (unpaired) electrons. The van der Waals surface area contributed by atoms with Gasteiger partial charge in [-0.05, 0) is 19.3 Å². The second kappa shape index (κ2) is 4.33. The molecule has 0 saturated heterocycles. The highest BCUT2D eigenvalue weighted by Crippen LogP contribution is 2.20. The van der Waals surface area contributed by atoms with E-state index >= 15 is 0 Å². The first-order valence-electron chi connectivity index (χ1n) is 5.55. The molecule has 0 aliphatic heterocycles. The Morgan fingerprint density at radius 1 is 1.35 bits per heavy atom. The zero-order chi connectivity index (χ0) is 12.6. The molecule has 7 nitrogen and oxygen atoms in total. The van der Waals surface area contributed by atoms with Crippen LogP contribution in [0.3, 0.4) is 0 Å². The summed E-state index contributed by atoms with van der Waals surface area (Å²) in [7, 11) is 2.88. The lowest BCUT2D eigenvalue weighted by atomic mass is 10.3. The Bertz CT molecular complexity index is 533. The van der Waals surface area contributed by atoms with Crippen molar-refractivity contribution in [3.8, 4) is 5.88 Å². The fraction of sp³-hybridized carbons (Fsp3) is 0.700. The third-order valence-corrected chi connectivity index (χ3v) is 3.00. The Labute approximate surface area is 97.8 Å². The summed E-state index contributed by atoms with van der Waals surface area (Å²) in [6.07, 6.45) is 2.34. The second-order valence-corrected chi connectivity index (χ2v) is 4.39. The molecule has 1 heterocycles. The van der Waals surface area contributed by atoms with E-state index in [1.54, 1.807) is 0 Å². The Balaban J connectivity index is 2.28. The number of hydrogen-bond donors (Lipinski definition) is 1. The zero-order valence-corrected chi connectivity index (χ0v) is 9.92. The van der Waals surface area contributed by atoms with Crippen LogP contribution < -0.4 is 21.7 Å². The molecule has 0 amide bonds. The smallest absolute Gasteiger partial charge is 0.347 e. The fourth-order valence-corrected chi connectivity index (χ4v) is 1.98. The Morgan fingerprint density at radius 3 is 2.65 bits per heavy atom. The third kappa shape index (κ3) is 2.23. The SMILES string of the molecule is Cn1nc(OC2CCC(N)C2)c(=O)n(C)c1=O. The summed E-state index contributed by atoms with van der Waals surface area (Å²) in [6.45, 7) is 0. The number of nitrogens with two attached hydrogens (primary N) is 1. The Morgan fingerprint density at radius 2 is 2.06 bits per heavy atom. The molecule has 17 heavy (non-hydrogen) atoms. The van der Waals surface area contributed by atoms with E-state index in [-0.39, 0.29) is 18.0 Å². The predicted molar refractivity (Wildman–Crippen MR) is 61.0 cm³/mol. The summed E-state index contributed by atoms with van der Waals surface area (Å²) >= 11 is 0.